The van der Waals surface area contributed by atoms with Crippen molar-refractivity contribution in [3.63, 3.8) is 0 Å². The summed E-state index contributed by atoms with van der Waals surface area (Å²) >= 11 is 0. The molecule has 1 aromatic heterocycles. The Balaban J connectivity index is 1.32. The number of benzene rings is 2. The van der Waals surface area contributed by atoms with E-state index in [-0.39, 0.29) is 18.1 Å². The minimum atomic E-state index is -0.312. The SMILES string of the molecule is COc1cc(OC)c(OC)cc1CN1CCc2nnc(CCNC(=O)Cc3ccc(F)cc3)n2CC1. The number of carbonyl (C=O) groups is 1. The van der Waals surface area contributed by atoms with Gasteiger partial charge in [-0.2, -0.15) is 0 Å². The topological polar surface area (TPSA) is 90.7 Å². The van der Waals surface area contributed by atoms with Crippen molar-refractivity contribution >= 4 is 5.91 Å². The maximum absolute atomic E-state index is 13.0. The quantitative estimate of drug-likeness (QED) is 0.460. The second-order valence-electron chi connectivity index (χ2n) is 8.63. The molecule has 9 nitrogen and oxygen atoms in total. The molecule has 0 bridgehead atoms. The van der Waals surface area contributed by atoms with Gasteiger partial charge in [-0.25, -0.2) is 4.39 Å². The second kappa shape index (κ2) is 11.9. The van der Waals surface area contributed by atoms with Crippen molar-refractivity contribution < 1.29 is 23.4 Å². The summed E-state index contributed by atoms with van der Waals surface area (Å²) in [5.41, 5.74) is 1.80. The van der Waals surface area contributed by atoms with Gasteiger partial charge >= 0.3 is 0 Å². The summed E-state index contributed by atoms with van der Waals surface area (Å²) in [5, 5.41) is 11.7. The Morgan fingerprint density at radius 3 is 2.42 bits per heavy atom. The fourth-order valence-electron chi connectivity index (χ4n) is 4.39. The average Bonchev–Trinajstić information content (AvgIpc) is 3.16. The van der Waals surface area contributed by atoms with Gasteiger partial charge in [0.1, 0.15) is 23.2 Å². The fraction of sp³-hybridized carbons (Fsp3) is 0.423. The minimum absolute atomic E-state index is 0.104. The Morgan fingerprint density at radius 2 is 1.69 bits per heavy atom. The van der Waals surface area contributed by atoms with Gasteiger partial charge in [-0.05, 0) is 23.8 Å². The summed E-state index contributed by atoms with van der Waals surface area (Å²) in [6.07, 6.45) is 1.58. The number of carbonyl (C=O) groups excluding carboxylic acids is 1. The van der Waals surface area contributed by atoms with Crippen LogP contribution in [-0.2, 0) is 37.1 Å². The molecule has 0 atom stereocenters. The largest absolute Gasteiger partial charge is 0.496 e. The van der Waals surface area contributed by atoms with Gasteiger partial charge in [-0.1, -0.05) is 12.1 Å². The van der Waals surface area contributed by atoms with Gasteiger partial charge in [0, 0.05) is 57.2 Å². The van der Waals surface area contributed by atoms with E-state index < -0.39 is 0 Å². The highest BCUT2D eigenvalue weighted by molar-refractivity contribution is 5.78. The molecule has 192 valence electrons. The zero-order valence-electron chi connectivity index (χ0n) is 20.9. The molecule has 1 amide bonds. The first-order valence-corrected chi connectivity index (χ1v) is 11.9. The zero-order valence-corrected chi connectivity index (χ0v) is 20.9. The number of halogens is 1. The molecule has 1 aliphatic heterocycles. The highest BCUT2D eigenvalue weighted by Gasteiger charge is 2.21. The molecular weight excluding hydrogens is 465 g/mol. The molecule has 36 heavy (non-hydrogen) atoms. The molecule has 3 aromatic rings. The van der Waals surface area contributed by atoms with Crippen molar-refractivity contribution in [1.82, 2.24) is 25.0 Å². The number of aromatic nitrogens is 3. The highest BCUT2D eigenvalue weighted by atomic mass is 19.1. The van der Waals surface area contributed by atoms with E-state index in [9.17, 15) is 9.18 Å². The van der Waals surface area contributed by atoms with E-state index in [1.807, 2.05) is 12.1 Å². The molecule has 0 aliphatic carbocycles. The number of rotatable bonds is 10. The van der Waals surface area contributed by atoms with Crippen LogP contribution in [-0.4, -0.2) is 66.5 Å². The molecule has 1 aliphatic rings. The van der Waals surface area contributed by atoms with Gasteiger partial charge in [0.25, 0.3) is 0 Å². The third-order valence-corrected chi connectivity index (χ3v) is 6.32. The summed E-state index contributed by atoms with van der Waals surface area (Å²) in [4.78, 5) is 14.6. The third kappa shape index (κ3) is 6.12. The van der Waals surface area contributed by atoms with Crippen LogP contribution in [0.5, 0.6) is 17.2 Å². The van der Waals surface area contributed by atoms with Crippen LogP contribution >= 0.6 is 0 Å². The summed E-state index contributed by atoms with van der Waals surface area (Å²) in [7, 11) is 4.88. The molecule has 0 radical (unpaired) electrons. The van der Waals surface area contributed by atoms with Crippen LogP contribution in [0.3, 0.4) is 0 Å². The Labute approximate surface area is 210 Å². The van der Waals surface area contributed by atoms with Crippen molar-refractivity contribution in [2.45, 2.75) is 32.4 Å². The molecule has 2 heterocycles. The lowest BCUT2D eigenvalue weighted by atomic mass is 10.1. The molecule has 0 fully saturated rings. The normalized spacial score (nSPS) is 13.6. The number of nitrogens with one attached hydrogen (secondary N) is 1. The number of hydrogen-bond acceptors (Lipinski definition) is 7. The molecule has 0 unspecified atom stereocenters. The van der Waals surface area contributed by atoms with E-state index in [1.165, 1.54) is 12.1 Å². The minimum Gasteiger partial charge on any atom is -0.496 e. The van der Waals surface area contributed by atoms with Gasteiger partial charge in [-0.3, -0.25) is 9.69 Å². The summed E-state index contributed by atoms with van der Waals surface area (Å²) in [5.74, 6) is 3.45. The second-order valence-corrected chi connectivity index (χ2v) is 8.63. The van der Waals surface area contributed by atoms with Crippen molar-refractivity contribution in [3.8, 4) is 17.2 Å². The molecule has 0 saturated heterocycles. The fourth-order valence-corrected chi connectivity index (χ4v) is 4.39. The van der Waals surface area contributed by atoms with Crippen molar-refractivity contribution in [3.05, 3.63) is 65.0 Å². The monoisotopic (exact) mass is 497 g/mol. The van der Waals surface area contributed by atoms with Crippen LogP contribution in [0.1, 0.15) is 22.8 Å². The molecule has 4 rings (SSSR count). The van der Waals surface area contributed by atoms with Gasteiger partial charge in [0.15, 0.2) is 11.5 Å². The van der Waals surface area contributed by atoms with Crippen LogP contribution in [0.4, 0.5) is 4.39 Å². The summed E-state index contributed by atoms with van der Waals surface area (Å²) in [6.45, 7) is 3.59. The van der Waals surface area contributed by atoms with Gasteiger partial charge in [-0.15, -0.1) is 10.2 Å². The molecular formula is C26H32FN5O4. The van der Waals surface area contributed by atoms with Crippen molar-refractivity contribution in [2.24, 2.45) is 0 Å². The number of methoxy groups -OCH3 is 3. The zero-order chi connectivity index (χ0) is 25.5. The predicted octanol–water partition coefficient (Wildman–Crippen LogP) is 2.40. The first-order chi connectivity index (χ1) is 17.5. The van der Waals surface area contributed by atoms with Gasteiger partial charge in [0.2, 0.25) is 5.91 Å². The Hall–Kier alpha value is -3.66. The predicted molar refractivity (Wildman–Crippen MR) is 132 cm³/mol. The van der Waals surface area contributed by atoms with Gasteiger partial charge < -0.3 is 24.1 Å². The Bertz CT molecular complexity index is 1180. The maximum Gasteiger partial charge on any atom is 0.224 e. The first-order valence-electron chi connectivity index (χ1n) is 11.9. The average molecular weight is 498 g/mol. The van der Waals surface area contributed by atoms with Crippen LogP contribution in [0, 0.1) is 5.82 Å². The lowest BCUT2D eigenvalue weighted by molar-refractivity contribution is -0.120. The standard InChI is InChI=1S/C26H32FN5O4/c1-34-21-16-23(36-3)22(35-2)15-19(21)17-31-11-9-25-30-29-24(32(25)13-12-31)8-10-28-26(33)14-18-4-6-20(27)7-5-18/h4-7,15-16H,8-14,17H2,1-3H3,(H,28,33). The Morgan fingerprint density at radius 1 is 0.972 bits per heavy atom. The lowest BCUT2D eigenvalue weighted by Crippen LogP contribution is -2.29. The number of hydrogen-bond donors (Lipinski definition) is 1. The van der Waals surface area contributed by atoms with Crippen LogP contribution in [0.15, 0.2) is 36.4 Å². The molecule has 10 heteroatoms. The van der Waals surface area contributed by atoms with E-state index in [4.69, 9.17) is 14.2 Å². The molecule has 0 spiro atoms. The van der Waals surface area contributed by atoms with Crippen LogP contribution in [0.25, 0.3) is 0 Å². The van der Waals surface area contributed by atoms with E-state index in [0.717, 1.165) is 54.6 Å². The number of amides is 1. The Kier molecular flexibility index (Phi) is 8.37. The van der Waals surface area contributed by atoms with Crippen molar-refractivity contribution in [2.75, 3.05) is 41.0 Å². The van der Waals surface area contributed by atoms with Crippen molar-refractivity contribution in [1.29, 1.82) is 0 Å². The first kappa shape index (κ1) is 25.4. The summed E-state index contributed by atoms with van der Waals surface area (Å²) in [6, 6.07) is 9.77. The van der Waals surface area contributed by atoms with E-state index in [0.29, 0.717) is 31.0 Å². The lowest BCUT2D eigenvalue weighted by Gasteiger charge is -2.22. The van der Waals surface area contributed by atoms with Crippen LogP contribution < -0.4 is 19.5 Å². The smallest absolute Gasteiger partial charge is 0.224 e. The maximum atomic E-state index is 13.0. The molecule has 1 N–H and O–H groups in total. The molecule has 0 saturated carbocycles. The number of fused-ring (bicyclic) bond motifs is 1. The third-order valence-electron chi connectivity index (χ3n) is 6.32. The van der Waals surface area contributed by atoms with Crippen LogP contribution in [0.2, 0.25) is 0 Å². The van der Waals surface area contributed by atoms with E-state index in [2.05, 4.69) is 25.0 Å². The number of ether oxygens (including phenoxy) is 3. The summed E-state index contributed by atoms with van der Waals surface area (Å²) < 4.78 is 31.6. The number of nitrogens with zero attached hydrogens (tertiary/aromatic N) is 4. The van der Waals surface area contributed by atoms with E-state index >= 15 is 0 Å². The van der Waals surface area contributed by atoms with E-state index in [1.54, 1.807) is 33.5 Å². The molecule has 2 aromatic carbocycles. The highest BCUT2D eigenvalue weighted by Crippen LogP contribution is 2.35. The van der Waals surface area contributed by atoms with Gasteiger partial charge in [0.05, 0.1) is 27.8 Å².